The van der Waals surface area contributed by atoms with Crippen molar-refractivity contribution in [2.75, 3.05) is 11.1 Å². The number of nitrogens with zero attached hydrogens (tertiary/aromatic N) is 2. The predicted molar refractivity (Wildman–Crippen MR) is 58.3 cm³/mol. The van der Waals surface area contributed by atoms with Crippen LogP contribution < -0.4 is 11.1 Å². The molecule has 0 aromatic carbocycles. The Morgan fingerprint density at radius 3 is 2.86 bits per heavy atom. The van der Waals surface area contributed by atoms with Crippen molar-refractivity contribution in [2.45, 2.75) is 38.6 Å². The Balaban J connectivity index is 2.19. The van der Waals surface area contributed by atoms with E-state index in [1.165, 1.54) is 12.8 Å². The van der Waals surface area contributed by atoms with Crippen molar-refractivity contribution in [3.05, 3.63) is 5.69 Å². The zero-order valence-corrected chi connectivity index (χ0v) is 8.88. The molecule has 0 atom stereocenters. The highest BCUT2D eigenvalue weighted by Crippen LogP contribution is 2.29. The molecule has 4 heteroatoms. The molecule has 4 nitrogen and oxygen atoms in total. The van der Waals surface area contributed by atoms with Gasteiger partial charge in [-0.3, -0.25) is 4.68 Å². The van der Waals surface area contributed by atoms with E-state index in [1.54, 1.807) is 0 Å². The summed E-state index contributed by atoms with van der Waals surface area (Å²) in [7, 11) is 1.94. The van der Waals surface area contributed by atoms with Crippen LogP contribution in [0.5, 0.6) is 0 Å². The number of anilines is 2. The van der Waals surface area contributed by atoms with Crippen molar-refractivity contribution in [1.29, 1.82) is 0 Å². The standard InChI is InChI=1S/C10H18N4/c1-3-4-8-9(11)10(14(2)13-8)12-7-5-6-7/h7,12H,3-6,11H2,1-2H3. The molecule has 1 aliphatic rings. The molecular formula is C10H18N4. The fourth-order valence-electron chi connectivity index (χ4n) is 1.61. The third-order valence-electron chi connectivity index (χ3n) is 2.57. The number of aromatic nitrogens is 2. The second-order valence-corrected chi connectivity index (χ2v) is 4.00. The van der Waals surface area contributed by atoms with Crippen molar-refractivity contribution in [3.8, 4) is 0 Å². The highest BCUT2D eigenvalue weighted by atomic mass is 15.3. The van der Waals surface area contributed by atoms with Gasteiger partial charge < -0.3 is 11.1 Å². The number of hydrogen-bond acceptors (Lipinski definition) is 3. The maximum atomic E-state index is 6.02. The molecule has 1 heterocycles. The smallest absolute Gasteiger partial charge is 0.147 e. The first kappa shape index (κ1) is 9.37. The van der Waals surface area contributed by atoms with Gasteiger partial charge in [0, 0.05) is 13.1 Å². The lowest BCUT2D eigenvalue weighted by molar-refractivity contribution is 0.735. The number of hydrogen-bond donors (Lipinski definition) is 2. The summed E-state index contributed by atoms with van der Waals surface area (Å²) in [6.45, 7) is 2.14. The summed E-state index contributed by atoms with van der Waals surface area (Å²) in [6, 6.07) is 0.627. The third-order valence-corrected chi connectivity index (χ3v) is 2.57. The maximum Gasteiger partial charge on any atom is 0.147 e. The molecule has 0 saturated heterocycles. The summed E-state index contributed by atoms with van der Waals surface area (Å²) in [6.07, 6.45) is 4.57. The lowest BCUT2D eigenvalue weighted by Crippen LogP contribution is -2.07. The van der Waals surface area contributed by atoms with E-state index in [0.717, 1.165) is 30.0 Å². The Morgan fingerprint density at radius 1 is 1.57 bits per heavy atom. The molecule has 14 heavy (non-hydrogen) atoms. The Bertz CT molecular complexity index is 325. The van der Waals surface area contributed by atoms with E-state index in [2.05, 4.69) is 17.3 Å². The van der Waals surface area contributed by atoms with E-state index >= 15 is 0 Å². The Labute approximate surface area is 84.5 Å². The van der Waals surface area contributed by atoms with Crippen LogP contribution in [-0.2, 0) is 13.5 Å². The van der Waals surface area contributed by atoms with E-state index in [9.17, 15) is 0 Å². The molecule has 1 aromatic heterocycles. The Hall–Kier alpha value is -1.19. The van der Waals surface area contributed by atoms with E-state index in [1.807, 2.05) is 11.7 Å². The average Bonchev–Trinajstić information content (AvgIpc) is 2.91. The molecule has 0 bridgehead atoms. The SMILES string of the molecule is CCCc1nn(C)c(NC2CC2)c1N. The maximum absolute atomic E-state index is 6.02. The first-order valence-corrected chi connectivity index (χ1v) is 5.30. The van der Waals surface area contributed by atoms with Crippen molar-refractivity contribution in [1.82, 2.24) is 9.78 Å². The van der Waals surface area contributed by atoms with Crippen molar-refractivity contribution in [2.24, 2.45) is 7.05 Å². The highest BCUT2D eigenvalue weighted by Gasteiger charge is 2.24. The summed E-state index contributed by atoms with van der Waals surface area (Å²) in [5.41, 5.74) is 7.88. The van der Waals surface area contributed by atoms with Crippen LogP contribution in [0.3, 0.4) is 0 Å². The zero-order chi connectivity index (χ0) is 10.1. The molecule has 0 radical (unpaired) electrons. The lowest BCUT2D eigenvalue weighted by Gasteiger charge is -2.05. The van der Waals surface area contributed by atoms with Gasteiger partial charge in [0.15, 0.2) is 0 Å². The molecule has 1 aromatic rings. The van der Waals surface area contributed by atoms with Gasteiger partial charge in [0.1, 0.15) is 5.82 Å². The number of rotatable bonds is 4. The van der Waals surface area contributed by atoms with Crippen LogP contribution in [0, 0.1) is 0 Å². The minimum absolute atomic E-state index is 0.627. The second-order valence-electron chi connectivity index (χ2n) is 4.00. The van der Waals surface area contributed by atoms with E-state index in [4.69, 9.17) is 5.73 Å². The van der Waals surface area contributed by atoms with Gasteiger partial charge in [-0.05, 0) is 19.3 Å². The Kier molecular flexibility index (Phi) is 2.35. The molecule has 2 rings (SSSR count). The number of nitrogens with one attached hydrogen (secondary N) is 1. The normalized spacial score (nSPS) is 15.9. The van der Waals surface area contributed by atoms with Gasteiger partial charge >= 0.3 is 0 Å². The number of nitrogen functional groups attached to an aromatic ring is 1. The van der Waals surface area contributed by atoms with Crippen LogP contribution in [0.2, 0.25) is 0 Å². The average molecular weight is 194 g/mol. The number of nitrogens with two attached hydrogens (primary N) is 1. The first-order valence-electron chi connectivity index (χ1n) is 5.30. The molecule has 1 aliphatic carbocycles. The van der Waals surface area contributed by atoms with E-state index in [0.29, 0.717) is 6.04 Å². The van der Waals surface area contributed by atoms with Gasteiger partial charge in [-0.2, -0.15) is 5.10 Å². The van der Waals surface area contributed by atoms with Crippen LogP contribution in [0.15, 0.2) is 0 Å². The summed E-state index contributed by atoms with van der Waals surface area (Å²) < 4.78 is 1.86. The van der Waals surface area contributed by atoms with Gasteiger partial charge in [-0.1, -0.05) is 13.3 Å². The highest BCUT2D eigenvalue weighted by molar-refractivity contribution is 5.65. The zero-order valence-electron chi connectivity index (χ0n) is 8.88. The molecule has 1 fully saturated rings. The molecule has 0 aliphatic heterocycles. The van der Waals surface area contributed by atoms with Gasteiger partial charge in [0.2, 0.25) is 0 Å². The third kappa shape index (κ3) is 1.69. The molecule has 1 saturated carbocycles. The Morgan fingerprint density at radius 2 is 2.29 bits per heavy atom. The topological polar surface area (TPSA) is 55.9 Å². The monoisotopic (exact) mass is 194 g/mol. The van der Waals surface area contributed by atoms with Crippen LogP contribution in [-0.4, -0.2) is 15.8 Å². The van der Waals surface area contributed by atoms with Crippen LogP contribution in [0.4, 0.5) is 11.5 Å². The second kappa shape index (κ2) is 3.52. The molecule has 0 amide bonds. The fourth-order valence-corrected chi connectivity index (χ4v) is 1.61. The van der Waals surface area contributed by atoms with E-state index in [-0.39, 0.29) is 0 Å². The lowest BCUT2D eigenvalue weighted by atomic mass is 10.2. The van der Waals surface area contributed by atoms with Crippen LogP contribution in [0.25, 0.3) is 0 Å². The predicted octanol–water partition coefficient (Wildman–Crippen LogP) is 1.53. The van der Waals surface area contributed by atoms with Gasteiger partial charge in [0.25, 0.3) is 0 Å². The van der Waals surface area contributed by atoms with Crippen molar-refractivity contribution < 1.29 is 0 Å². The molecule has 0 spiro atoms. The summed E-state index contributed by atoms with van der Waals surface area (Å²) >= 11 is 0. The minimum atomic E-state index is 0.627. The molecule has 78 valence electrons. The first-order chi connectivity index (χ1) is 6.72. The molecule has 0 unspecified atom stereocenters. The van der Waals surface area contributed by atoms with Crippen LogP contribution in [0.1, 0.15) is 31.9 Å². The largest absolute Gasteiger partial charge is 0.394 e. The summed E-state index contributed by atoms with van der Waals surface area (Å²) in [4.78, 5) is 0. The van der Waals surface area contributed by atoms with Crippen LogP contribution >= 0.6 is 0 Å². The number of aryl methyl sites for hydroxylation is 2. The van der Waals surface area contributed by atoms with Crippen molar-refractivity contribution >= 4 is 11.5 Å². The van der Waals surface area contributed by atoms with Gasteiger partial charge in [0.05, 0.1) is 11.4 Å². The fraction of sp³-hybridized carbons (Fsp3) is 0.700. The van der Waals surface area contributed by atoms with E-state index < -0.39 is 0 Å². The van der Waals surface area contributed by atoms with Gasteiger partial charge in [-0.15, -0.1) is 0 Å². The summed E-state index contributed by atoms with van der Waals surface area (Å²) in [5, 5.41) is 7.82. The minimum Gasteiger partial charge on any atom is -0.394 e. The molecule has 3 N–H and O–H groups in total. The summed E-state index contributed by atoms with van der Waals surface area (Å²) in [5.74, 6) is 0.996. The molecular weight excluding hydrogens is 176 g/mol. The van der Waals surface area contributed by atoms with Gasteiger partial charge in [-0.25, -0.2) is 0 Å². The quantitative estimate of drug-likeness (QED) is 0.764. The van der Waals surface area contributed by atoms with Crippen molar-refractivity contribution in [3.63, 3.8) is 0 Å².